The number of para-hydroxylation sites is 2. The Kier molecular flexibility index (Phi) is 3.46. The second-order valence-electron chi connectivity index (χ2n) is 4.49. The van der Waals surface area contributed by atoms with E-state index in [4.69, 9.17) is 0 Å². The fourth-order valence-electron chi connectivity index (χ4n) is 2.10. The van der Waals surface area contributed by atoms with Crippen molar-refractivity contribution in [3.63, 3.8) is 0 Å². The summed E-state index contributed by atoms with van der Waals surface area (Å²) < 4.78 is 0. The third-order valence-electron chi connectivity index (χ3n) is 3.13. The van der Waals surface area contributed by atoms with E-state index in [9.17, 15) is 0 Å². The predicted octanol–water partition coefficient (Wildman–Crippen LogP) is 3.79. The molecule has 0 saturated carbocycles. The number of H-pyrrole nitrogens is 1. The van der Waals surface area contributed by atoms with Gasteiger partial charge in [-0.05, 0) is 24.1 Å². The summed E-state index contributed by atoms with van der Waals surface area (Å²) in [6.45, 7) is 2.09. The van der Waals surface area contributed by atoms with E-state index in [1.165, 1.54) is 0 Å². The van der Waals surface area contributed by atoms with Gasteiger partial charge in [0.05, 0.1) is 16.7 Å². The number of rotatable bonds is 4. The molecule has 3 rings (SSSR count). The fraction of sp³-hybridized carbons (Fsp3) is 0.125. The molecule has 4 nitrogen and oxygen atoms in total. The number of hydrogen-bond donors (Lipinski definition) is 2. The van der Waals surface area contributed by atoms with Crippen LogP contribution in [0.3, 0.4) is 0 Å². The molecule has 0 amide bonds. The molecule has 0 aliphatic rings. The van der Waals surface area contributed by atoms with Crippen LogP contribution in [-0.2, 0) is 0 Å². The third-order valence-corrected chi connectivity index (χ3v) is 3.13. The Morgan fingerprint density at radius 3 is 2.60 bits per heavy atom. The highest BCUT2D eigenvalue weighted by Crippen LogP contribution is 2.13. The van der Waals surface area contributed by atoms with E-state index in [1.807, 2.05) is 42.5 Å². The molecule has 0 aliphatic heterocycles. The van der Waals surface area contributed by atoms with Gasteiger partial charge in [-0.3, -0.25) is 0 Å². The summed E-state index contributed by atoms with van der Waals surface area (Å²) >= 11 is 0. The van der Waals surface area contributed by atoms with Crippen molar-refractivity contribution >= 4 is 22.7 Å². The molecule has 0 radical (unpaired) electrons. The van der Waals surface area contributed by atoms with Crippen molar-refractivity contribution < 1.29 is 0 Å². The van der Waals surface area contributed by atoms with Crippen LogP contribution in [0.5, 0.6) is 0 Å². The molecule has 0 spiro atoms. The smallest absolute Gasteiger partial charge is 0.222 e. The average Bonchev–Trinajstić information content (AvgIpc) is 2.92. The highest BCUT2D eigenvalue weighted by atomic mass is 15.4. The number of imidazole rings is 1. The van der Waals surface area contributed by atoms with Gasteiger partial charge >= 0.3 is 0 Å². The van der Waals surface area contributed by atoms with Crippen molar-refractivity contribution in [2.75, 3.05) is 5.43 Å². The molecule has 0 saturated heterocycles. The van der Waals surface area contributed by atoms with Gasteiger partial charge in [-0.25, -0.2) is 10.4 Å². The molecular formula is C16H16N4. The van der Waals surface area contributed by atoms with Crippen LogP contribution in [0.1, 0.15) is 18.9 Å². The summed E-state index contributed by atoms with van der Waals surface area (Å²) in [7, 11) is 0. The fourth-order valence-corrected chi connectivity index (χ4v) is 2.10. The van der Waals surface area contributed by atoms with Gasteiger partial charge in [0.1, 0.15) is 0 Å². The van der Waals surface area contributed by atoms with E-state index in [-0.39, 0.29) is 0 Å². The second-order valence-corrected chi connectivity index (χ2v) is 4.49. The maximum Gasteiger partial charge on any atom is 0.222 e. The number of hydrazone groups is 1. The molecule has 20 heavy (non-hydrogen) atoms. The standard InChI is InChI=1S/C16H16N4/c1-2-13(12-8-4-3-5-9-12)19-20-16-17-14-10-6-7-11-15(14)18-16/h3-11H,2H2,1H3,(H2,17,18,20)/b19-13-. The maximum absolute atomic E-state index is 4.45. The van der Waals surface area contributed by atoms with Crippen molar-refractivity contribution in [3.05, 3.63) is 60.2 Å². The number of benzene rings is 2. The van der Waals surface area contributed by atoms with Gasteiger partial charge in [-0.1, -0.05) is 49.4 Å². The summed E-state index contributed by atoms with van der Waals surface area (Å²) in [5, 5.41) is 4.45. The number of nitrogens with zero attached hydrogens (tertiary/aromatic N) is 2. The number of aromatic nitrogens is 2. The Balaban J connectivity index is 1.84. The van der Waals surface area contributed by atoms with E-state index in [0.29, 0.717) is 5.95 Å². The highest BCUT2D eigenvalue weighted by molar-refractivity contribution is 6.00. The minimum atomic E-state index is 0.660. The van der Waals surface area contributed by atoms with E-state index < -0.39 is 0 Å². The monoisotopic (exact) mass is 264 g/mol. The Hall–Kier alpha value is -2.62. The first kappa shape index (κ1) is 12.4. The van der Waals surface area contributed by atoms with Crippen LogP contribution < -0.4 is 5.43 Å². The SMILES string of the molecule is CC/C(=N/Nc1nc2ccccc2[nH]1)c1ccccc1. The molecular weight excluding hydrogens is 248 g/mol. The zero-order chi connectivity index (χ0) is 13.8. The summed E-state index contributed by atoms with van der Waals surface area (Å²) in [6, 6.07) is 18.1. The topological polar surface area (TPSA) is 53.1 Å². The molecule has 1 heterocycles. The summed E-state index contributed by atoms with van der Waals surface area (Å²) in [4.78, 5) is 7.64. The Bertz CT molecular complexity index is 695. The van der Waals surface area contributed by atoms with Crippen molar-refractivity contribution in [3.8, 4) is 0 Å². The zero-order valence-electron chi connectivity index (χ0n) is 11.3. The van der Waals surface area contributed by atoms with E-state index in [2.05, 4.69) is 39.6 Å². The van der Waals surface area contributed by atoms with Crippen LogP contribution >= 0.6 is 0 Å². The largest absolute Gasteiger partial charge is 0.323 e. The molecule has 0 fully saturated rings. The maximum atomic E-state index is 4.45. The molecule has 4 heteroatoms. The summed E-state index contributed by atoms with van der Waals surface area (Å²) in [6.07, 6.45) is 0.858. The lowest BCUT2D eigenvalue weighted by Crippen LogP contribution is -2.03. The summed E-state index contributed by atoms with van der Waals surface area (Å²) in [5.74, 6) is 0.660. The highest BCUT2D eigenvalue weighted by Gasteiger charge is 2.02. The van der Waals surface area contributed by atoms with Gasteiger partial charge in [-0.15, -0.1) is 0 Å². The molecule has 2 N–H and O–H groups in total. The Morgan fingerprint density at radius 1 is 1.10 bits per heavy atom. The number of fused-ring (bicyclic) bond motifs is 1. The number of nitrogens with one attached hydrogen (secondary N) is 2. The first-order valence-corrected chi connectivity index (χ1v) is 6.69. The molecule has 0 aliphatic carbocycles. The zero-order valence-corrected chi connectivity index (χ0v) is 11.3. The Morgan fingerprint density at radius 2 is 1.85 bits per heavy atom. The normalized spacial score (nSPS) is 11.8. The van der Waals surface area contributed by atoms with E-state index in [1.54, 1.807) is 0 Å². The van der Waals surface area contributed by atoms with E-state index >= 15 is 0 Å². The van der Waals surface area contributed by atoms with Gasteiger partial charge < -0.3 is 4.98 Å². The minimum absolute atomic E-state index is 0.660. The van der Waals surface area contributed by atoms with Gasteiger partial charge in [0.2, 0.25) is 5.95 Å². The van der Waals surface area contributed by atoms with Crippen molar-refractivity contribution in [2.24, 2.45) is 5.10 Å². The van der Waals surface area contributed by atoms with Gasteiger partial charge in [0, 0.05) is 0 Å². The van der Waals surface area contributed by atoms with Crippen molar-refractivity contribution in [1.82, 2.24) is 9.97 Å². The van der Waals surface area contributed by atoms with Crippen LogP contribution in [0, 0.1) is 0 Å². The van der Waals surface area contributed by atoms with Gasteiger partial charge in [0.25, 0.3) is 0 Å². The number of anilines is 1. The predicted molar refractivity (Wildman–Crippen MR) is 83.0 cm³/mol. The number of hydrogen-bond acceptors (Lipinski definition) is 3. The Labute approximate surface area is 117 Å². The third kappa shape index (κ3) is 2.54. The van der Waals surface area contributed by atoms with Crippen molar-refractivity contribution in [1.29, 1.82) is 0 Å². The first-order valence-electron chi connectivity index (χ1n) is 6.69. The lowest BCUT2D eigenvalue weighted by molar-refractivity contribution is 1.17. The van der Waals surface area contributed by atoms with Crippen LogP contribution in [-0.4, -0.2) is 15.7 Å². The molecule has 2 aromatic carbocycles. The average molecular weight is 264 g/mol. The minimum Gasteiger partial charge on any atom is -0.323 e. The van der Waals surface area contributed by atoms with Gasteiger partial charge in [0.15, 0.2) is 0 Å². The van der Waals surface area contributed by atoms with E-state index in [0.717, 1.165) is 28.7 Å². The molecule has 0 atom stereocenters. The second kappa shape index (κ2) is 5.57. The van der Waals surface area contributed by atoms with Gasteiger partial charge in [-0.2, -0.15) is 5.10 Å². The lowest BCUT2D eigenvalue weighted by Gasteiger charge is -2.03. The van der Waals surface area contributed by atoms with Crippen LogP contribution in [0.2, 0.25) is 0 Å². The molecule has 100 valence electrons. The first-order chi connectivity index (χ1) is 9.86. The van der Waals surface area contributed by atoms with Crippen molar-refractivity contribution in [2.45, 2.75) is 13.3 Å². The molecule has 0 bridgehead atoms. The quantitative estimate of drug-likeness (QED) is 0.556. The van der Waals surface area contributed by atoms with Crippen LogP contribution in [0.4, 0.5) is 5.95 Å². The lowest BCUT2D eigenvalue weighted by atomic mass is 10.1. The summed E-state index contributed by atoms with van der Waals surface area (Å²) in [5.41, 5.74) is 7.07. The molecule has 1 aromatic heterocycles. The molecule has 0 unspecified atom stereocenters. The van der Waals surface area contributed by atoms with Crippen LogP contribution in [0.25, 0.3) is 11.0 Å². The number of aromatic amines is 1. The molecule has 3 aromatic rings. The van der Waals surface area contributed by atoms with Crippen LogP contribution in [0.15, 0.2) is 59.7 Å².